The minimum absolute atomic E-state index is 0.191. The first kappa shape index (κ1) is 8.52. The molecule has 2 rings (SSSR count). The summed E-state index contributed by atoms with van der Waals surface area (Å²) in [5, 5.41) is 8.68. The predicted octanol–water partition coefficient (Wildman–Crippen LogP) is 2.48. The van der Waals surface area contributed by atoms with E-state index in [4.69, 9.17) is 5.11 Å². The number of hydrogen-bond acceptors (Lipinski definition) is 1. The number of benzene rings is 1. The van der Waals surface area contributed by atoms with Crippen LogP contribution in [0.2, 0.25) is 0 Å². The highest BCUT2D eigenvalue weighted by molar-refractivity contribution is 5.29. The summed E-state index contributed by atoms with van der Waals surface area (Å²) in [6.45, 7) is 0.191. The highest BCUT2D eigenvalue weighted by Gasteiger charge is 2.23. The smallest absolute Gasteiger partial charge is 0.0615 e. The molecule has 0 unspecified atom stereocenters. The Bertz CT molecular complexity index is 292. The number of rotatable bonds is 2. The van der Waals surface area contributed by atoms with Gasteiger partial charge < -0.3 is 5.11 Å². The second-order valence-corrected chi connectivity index (χ2v) is 3.56. The zero-order valence-corrected chi connectivity index (χ0v) is 7.61. The van der Waals surface area contributed by atoms with Crippen LogP contribution in [-0.4, -0.2) is 11.7 Å². The van der Waals surface area contributed by atoms with Crippen LogP contribution in [0.1, 0.15) is 24.3 Å². The minimum atomic E-state index is 0.191. The molecule has 0 bridgehead atoms. The van der Waals surface area contributed by atoms with Crippen LogP contribution in [0.3, 0.4) is 0 Å². The molecule has 0 amide bonds. The van der Waals surface area contributed by atoms with Crippen LogP contribution < -0.4 is 0 Å². The van der Waals surface area contributed by atoms with Crippen molar-refractivity contribution in [3.63, 3.8) is 0 Å². The van der Waals surface area contributed by atoms with Crippen molar-refractivity contribution in [1.82, 2.24) is 0 Å². The molecule has 1 aliphatic carbocycles. The van der Waals surface area contributed by atoms with Crippen molar-refractivity contribution >= 4 is 0 Å². The average molecular weight is 174 g/mol. The van der Waals surface area contributed by atoms with E-state index in [0.29, 0.717) is 5.92 Å². The first-order valence-electron chi connectivity index (χ1n) is 4.74. The molecule has 0 heterocycles. The zero-order chi connectivity index (χ0) is 9.10. The summed E-state index contributed by atoms with van der Waals surface area (Å²) in [4.78, 5) is 0. The van der Waals surface area contributed by atoms with Crippen LogP contribution in [0.25, 0.3) is 0 Å². The van der Waals surface area contributed by atoms with Crippen molar-refractivity contribution in [2.75, 3.05) is 6.61 Å². The minimum Gasteiger partial charge on any atom is -0.392 e. The van der Waals surface area contributed by atoms with Crippen LogP contribution in [0.15, 0.2) is 42.0 Å². The predicted molar refractivity (Wildman–Crippen MR) is 53.6 cm³/mol. The maximum Gasteiger partial charge on any atom is 0.0615 e. The molecule has 1 fully saturated rings. The lowest BCUT2D eigenvalue weighted by atomic mass is 9.76. The van der Waals surface area contributed by atoms with E-state index >= 15 is 0 Å². The van der Waals surface area contributed by atoms with Crippen molar-refractivity contribution < 1.29 is 5.11 Å². The number of aliphatic hydroxyl groups is 1. The molecule has 1 heteroatoms. The molecule has 1 aliphatic rings. The molecule has 1 aromatic carbocycles. The molecule has 1 saturated carbocycles. The SMILES string of the molecule is OCC=C1CC(c2ccccc2)C1. The molecular weight excluding hydrogens is 160 g/mol. The van der Waals surface area contributed by atoms with E-state index < -0.39 is 0 Å². The topological polar surface area (TPSA) is 20.2 Å². The summed E-state index contributed by atoms with van der Waals surface area (Å²) < 4.78 is 0. The van der Waals surface area contributed by atoms with Crippen molar-refractivity contribution in [2.24, 2.45) is 0 Å². The standard InChI is InChI=1S/C12H14O/c13-7-6-10-8-12(9-10)11-4-2-1-3-5-11/h1-6,12-13H,7-9H2. The van der Waals surface area contributed by atoms with Gasteiger partial charge in [-0.05, 0) is 24.3 Å². The zero-order valence-electron chi connectivity index (χ0n) is 7.61. The highest BCUT2D eigenvalue weighted by atomic mass is 16.2. The third-order valence-corrected chi connectivity index (χ3v) is 2.67. The van der Waals surface area contributed by atoms with Gasteiger partial charge in [0, 0.05) is 0 Å². The normalized spacial score (nSPS) is 21.0. The van der Waals surface area contributed by atoms with Gasteiger partial charge in [-0.1, -0.05) is 42.0 Å². The Morgan fingerprint density at radius 1 is 1.23 bits per heavy atom. The Kier molecular flexibility index (Phi) is 2.46. The third-order valence-electron chi connectivity index (χ3n) is 2.67. The summed E-state index contributed by atoms with van der Waals surface area (Å²) in [6.07, 6.45) is 4.19. The lowest BCUT2D eigenvalue weighted by Crippen LogP contribution is -2.12. The largest absolute Gasteiger partial charge is 0.392 e. The number of allylic oxidation sites excluding steroid dienone is 1. The van der Waals surface area contributed by atoms with E-state index in [1.165, 1.54) is 11.1 Å². The fourth-order valence-corrected chi connectivity index (χ4v) is 1.83. The van der Waals surface area contributed by atoms with Crippen molar-refractivity contribution in [3.8, 4) is 0 Å². The molecule has 0 aromatic heterocycles. The Morgan fingerprint density at radius 3 is 2.54 bits per heavy atom. The molecule has 1 nitrogen and oxygen atoms in total. The van der Waals surface area contributed by atoms with Crippen molar-refractivity contribution in [3.05, 3.63) is 47.5 Å². The summed E-state index contributed by atoms with van der Waals surface area (Å²) in [7, 11) is 0. The maximum absolute atomic E-state index is 8.68. The summed E-state index contributed by atoms with van der Waals surface area (Å²) >= 11 is 0. The van der Waals surface area contributed by atoms with Crippen molar-refractivity contribution in [2.45, 2.75) is 18.8 Å². The van der Waals surface area contributed by atoms with E-state index in [0.717, 1.165) is 12.8 Å². The van der Waals surface area contributed by atoms with Gasteiger partial charge in [0.05, 0.1) is 6.61 Å². The van der Waals surface area contributed by atoms with Crippen LogP contribution in [0.5, 0.6) is 0 Å². The molecule has 0 spiro atoms. The average Bonchev–Trinajstić information content (AvgIpc) is 2.12. The molecule has 1 aromatic rings. The monoisotopic (exact) mass is 174 g/mol. The van der Waals surface area contributed by atoms with Gasteiger partial charge in [0.1, 0.15) is 0 Å². The molecule has 0 radical (unpaired) electrons. The maximum atomic E-state index is 8.68. The molecule has 0 aliphatic heterocycles. The van der Waals surface area contributed by atoms with E-state index in [2.05, 4.69) is 24.3 Å². The second-order valence-electron chi connectivity index (χ2n) is 3.56. The Morgan fingerprint density at radius 2 is 1.92 bits per heavy atom. The summed E-state index contributed by atoms with van der Waals surface area (Å²) in [5.41, 5.74) is 2.83. The van der Waals surface area contributed by atoms with Gasteiger partial charge in [0.25, 0.3) is 0 Å². The Balaban J connectivity index is 1.98. The van der Waals surface area contributed by atoms with E-state index in [1.54, 1.807) is 0 Å². The van der Waals surface area contributed by atoms with Crippen LogP contribution in [-0.2, 0) is 0 Å². The van der Waals surface area contributed by atoms with Gasteiger partial charge in [-0.3, -0.25) is 0 Å². The van der Waals surface area contributed by atoms with Gasteiger partial charge in [-0.25, -0.2) is 0 Å². The quantitative estimate of drug-likeness (QED) is 0.683. The Labute approximate surface area is 78.7 Å². The molecule has 0 atom stereocenters. The van der Waals surface area contributed by atoms with Gasteiger partial charge in [0.2, 0.25) is 0 Å². The molecule has 13 heavy (non-hydrogen) atoms. The second kappa shape index (κ2) is 3.75. The van der Waals surface area contributed by atoms with Gasteiger partial charge in [-0.2, -0.15) is 0 Å². The van der Waals surface area contributed by atoms with Gasteiger partial charge in [-0.15, -0.1) is 0 Å². The number of aliphatic hydroxyl groups excluding tert-OH is 1. The first-order valence-corrected chi connectivity index (χ1v) is 4.74. The third kappa shape index (κ3) is 1.81. The number of hydrogen-bond donors (Lipinski definition) is 1. The fourth-order valence-electron chi connectivity index (χ4n) is 1.83. The van der Waals surface area contributed by atoms with E-state index in [9.17, 15) is 0 Å². The van der Waals surface area contributed by atoms with Crippen LogP contribution >= 0.6 is 0 Å². The Hall–Kier alpha value is -1.08. The van der Waals surface area contributed by atoms with Crippen LogP contribution in [0, 0.1) is 0 Å². The van der Waals surface area contributed by atoms with Gasteiger partial charge >= 0.3 is 0 Å². The molecule has 1 N–H and O–H groups in total. The highest BCUT2D eigenvalue weighted by Crippen LogP contribution is 2.40. The fraction of sp³-hybridized carbons (Fsp3) is 0.333. The first-order chi connectivity index (χ1) is 6.40. The lowest BCUT2D eigenvalue weighted by Gasteiger charge is -2.29. The summed E-state index contributed by atoms with van der Waals surface area (Å²) in [5.74, 6) is 0.694. The molecular formula is C12H14O. The van der Waals surface area contributed by atoms with Crippen molar-refractivity contribution in [1.29, 1.82) is 0 Å². The van der Waals surface area contributed by atoms with Crippen LogP contribution in [0.4, 0.5) is 0 Å². The molecule has 0 saturated heterocycles. The molecule has 68 valence electrons. The van der Waals surface area contributed by atoms with E-state index in [-0.39, 0.29) is 6.61 Å². The lowest BCUT2D eigenvalue weighted by molar-refractivity contribution is 0.338. The van der Waals surface area contributed by atoms with E-state index in [1.807, 2.05) is 12.1 Å². The summed E-state index contributed by atoms with van der Waals surface area (Å²) in [6, 6.07) is 10.6. The van der Waals surface area contributed by atoms with Gasteiger partial charge in [0.15, 0.2) is 0 Å².